The lowest BCUT2D eigenvalue weighted by molar-refractivity contribution is -0.000980. The van der Waals surface area contributed by atoms with Crippen molar-refractivity contribution in [3.8, 4) is 11.8 Å². The predicted octanol–water partition coefficient (Wildman–Crippen LogP) is 0.161. The molecule has 17 heavy (non-hydrogen) atoms. The van der Waals surface area contributed by atoms with E-state index < -0.39 is 0 Å². The molecule has 0 aromatic carbocycles. The Morgan fingerprint density at radius 1 is 1.47 bits per heavy atom. The third kappa shape index (κ3) is 3.04. The smallest absolute Gasteiger partial charge is 0.223 e. The van der Waals surface area contributed by atoms with Gasteiger partial charge in [0.25, 0.3) is 0 Å². The summed E-state index contributed by atoms with van der Waals surface area (Å²) in [6.45, 7) is 4.78. The van der Waals surface area contributed by atoms with Gasteiger partial charge in [-0.2, -0.15) is 0 Å². The number of hydrogen-bond acceptors (Lipinski definition) is 6. The molecule has 0 spiro atoms. The van der Waals surface area contributed by atoms with Crippen molar-refractivity contribution in [2.24, 2.45) is 0 Å². The fraction of sp³-hybridized carbons (Fsp3) is 0.636. The molecule has 1 N–H and O–H groups in total. The number of nitrogens with one attached hydrogen (secondary N) is 1. The second kappa shape index (κ2) is 5.79. The third-order valence-corrected chi connectivity index (χ3v) is 2.60. The van der Waals surface area contributed by atoms with Crippen LogP contribution in [0.15, 0.2) is 6.33 Å². The molecule has 0 aliphatic carbocycles. The molecular weight excluding hydrogens is 222 g/mol. The molecule has 6 nitrogen and oxygen atoms in total. The van der Waals surface area contributed by atoms with Crippen molar-refractivity contribution in [1.29, 1.82) is 0 Å². The normalized spacial score (nSPS) is 20.0. The molecule has 0 saturated carbocycles. The average Bonchev–Trinajstić information content (AvgIpc) is 2.39. The molecule has 1 fully saturated rings. The van der Waals surface area contributed by atoms with Crippen LogP contribution in [-0.4, -0.2) is 49.5 Å². The summed E-state index contributed by atoms with van der Waals surface area (Å²) < 4.78 is 16.3. The maximum Gasteiger partial charge on any atom is 0.223 e. The quantitative estimate of drug-likeness (QED) is 0.807. The Morgan fingerprint density at radius 3 is 3.00 bits per heavy atom. The van der Waals surface area contributed by atoms with Crippen LogP contribution < -0.4 is 14.8 Å². The van der Waals surface area contributed by atoms with Gasteiger partial charge in [0.1, 0.15) is 19.0 Å². The molecule has 0 bridgehead atoms. The standard InChI is InChI=1S/C11H17N3O3/c1-8-10(15-2)13-7-14-11(8)17-6-9-5-12-3-4-16-9/h7,9,12H,3-6H2,1-2H3. The molecule has 2 heterocycles. The highest BCUT2D eigenvalue weighted by Crippen LogP contribution is 2.21. The van der Waals surface area contributed by atoms with Crippen molar-refractivity contribution in [2.75, 3.05) is 33.4 Å². The summed E-state index contributed by atoms with van der Waals surface area (Å²) in [4.78, 5) is 8.08. The number of aromatic nitrogens is 2. The summed E-state index contributed by atoms with van der Waals surface area (Å²) in [5.41, 5.74) is 0.804. The number of rotatable bonds is 4. The van der Waals surface area contributed by atoms with Crippen LogP contribution in [0.5, 0.6) is 11.8 Å². The van der Waals surface area contributed by atoms with Crippen LogP contribution in [0.3, 0.4) is 0 Å². The van der Waals surface area contributed by atoms with Gasteiger partial charge < -0.3 is 19.5 Å². The Hall–Kier alpha value is -1.40. The molecule has 1 saturated heterocycles. The van der Waals surface area contributed by atoms with Gasteiger partial charge in [-0.25, -0.2) is 9.97 Å². The molecule has 1 aliphatic heterocycles. The zero-order valence-electron chi connectivity index (χ0n) is 10.1. The minimum atomic E-state index is 0.0733. The van der Waals surface area contributed by atoms with Crippen molar-refractivity contribution < 1.29 is 14.2 Å². The van der Waals surface area contributed by atoms with Crippen molar-refractivity contribution in [2.45, 2.75) is 13.0 Å². The minimum Gasteiger partial charge on any atom is -0.481 e. The largest absolute Gasteiger partial charge is 0.481 e. The summed E-state index contributed by atoms with van der Waals surface area (Å²) in [6.07, 6.45) is 1.50. The predicted molar refractivity (Wildman–Crippen MR) is 61.4 cm³/mol. The van der Waals surface area contributed by atoms with E-state index in [4.69, 9.17) is 14.2 Å². The lowest BCUT2D eigenvalue weighted by Crippen LogP contribution is -2.41. The lowest BCUT2D eigenvalue weighted by Gasteiger charge is -2.23. The highest BCUT2D eigenvalue weighted by Gasteiger charge is 2.15. The molecule has 1 atom stereocenters. The van der Waals surface area contributed by atoms with Gasteiger partial charge in [-0.1, -0.05) is 0 Å². The summed E-state index contributed by atoms with van der Waals surface area (Å²) in [5, 5.41) is 3.25. The molecule has 1 aromatic heterocycles. The van der Waals surface area contributed by atoms with E-state index in [1.54, 1.807) is 7.11 Å². The maximum absolute atomic E-state index is 5.62. The first-order valence-corrected chi connectivity index (χ1v) is 5.62. The van der Waals surface area contributed by atoms with Gasteiger partial charge in [0.15, 0.2) is 0 Å². The molecule has 6 heteroatoms. The lowest BCUT2D eigenvalue weighted by atomic mass is 10.3. The fourth-order valence-electron chi connectivity index (χ4n) is 1.67. The zero-order valence-corrected chi connectivity index (χ0v) is 10.1. The maximum atomic E-state index is 5.62. The van der Waals surface area contributed by atoms with Gasteiger partial charge >= 0.3 is 0 Å². The number of methoxy groups -OCH3 is 1. The summed E-state index contributed by atoms with van der Waals surface area (Å²) >= 11 is 0. The van der Waals surface area contributed by atoms with Gasteiger partial charge in [-0.3, -0.25) is 0 Å². The van der Waals surface area contributed by atoms with Crippen molar-refractivity contribution in [1.82, 2.24) is 15.3 Å². The first-order valence-electron chi connectivity index (χ1n) is 5.62. The van der Waals surface area contributed by atoms with Crippen LogP contribution in [-0.2, 0) is 4.74 Å². The van der Waals surface area contributed by atoms with Gasteiger partial charge in [0, 0.05) is 13.1 Å². The molecule has 1 aromatic rings. The van der Waals surface area contributed by atoms with Gasteiger partial charge in [-0.15, -0.1) is 0 Å². The van der Waals surface area contributed by atoms with Crippen LogP contribution in [0.25, 0.3) is 0 Å². The Morgan fingerprint density at radius 2 is 2.29 bits per heavy atom. The first-order chi connectivity index (χ1) is 8.31. The van der Waals surface area contributed by atoms with Crippen molar-refractivity contribution >= 4 is 0 Å². The molecule has 0 radical (unpaired) electrons. The average molecular weight is 239 g/mol. The number of morpholine rings is 1. The van der Waals surface area contributed by atoms with E-state index in [-0.39, 0.29) is 6.10 Å². The van der Waals surface area contributed by atoms with Crippen LogP contribution in [0.1, 0.15) is 5.56 Å². The van der Waals surface area contributed by atoms with Crippen LogP contribution in [0.2, 0.25) is 0 Å². The highest BCUT2D eigenvalue weighted by atomic mass is 16.5. The zero-order chi connectivity index (χ0) is 12.1. The SMILES string of the molecule is COc1ncnc(OCC2CNCCO2)c1C. The third-order valence-electron chi connectivity index (χ3n) is 2.60. The highest BCUT2D eigenvalue weighted by molar-refractivity contribution is 5.32. The van der Waals surface area contributed by atoms with E-state index in [1.807, 2.05) is 6.92 Å². The van der Waals surface area contributed by atoms with Gasteiger partial charge in [-0.05, 0) is 6.92 Å². The van der Waals surface area contributed by atoms with E-state index in [9.17, 15) is 0 Å². The molecule has 0 amide bonds. The van der Waals surface area contributed by atoms with Gasteiger partial charge in [0.2, 0.25) is 11.8 Å². The first kappa shape index (κ1) is 12.1. The van der Waals surface area contributed by atoms with E-state index in [2.05, 4.69) is 15.3 Å². The molecular formula is C11H17N3O3. The fourth-order valence-corrected chi connectivity index (χ4v) is 1.67. The van der Waals surface area contributed by atoms with Crippen molar-refractivity contribution in [3.63, 3.8) is 0 Å². The summed E-state index contributed by atoms with van der Waals surface area (Å²) in [5.74, 6) is 1.09. The monoisotopic (exact) mass is 239 g/mol. The van der Waals surface area contributed by atoms with E-state index >= 15 is 0 Å². The topological polar surface area (TPSA) is 65.5 Å². The van der Waals surface area contributed by atoms with Crippen LogP contribution in [0, 0.1) is 6.92 Å². The van der Waals surface area contributed by atoms with Crippen LogP contribution >= 0.6 is 0 Å². The molecule has 2 rings (SSSR count). The van der Waals surface area contributed by atoms with Gasteiger partial charge in [0.05, 0.1) is 19.3 Å². The Labute approximate surface area is 100 Å². The van der Waals surface area contributed by atoms with E-state index in [0.29, 0.717) is 18.4 Å². The van der Waals surface area contributed by atoms with E-state index in [1.165, 1.54) is 6.33 Å². The summed E-state index contributed by atoms with van der Waals surface area (Å²) in [6, 6.07) is 0. The second-order valence-corrected chi connectivity index (χ2v) is 3.82. The Balaban J connectivity index is 1.93. The van der Waals surface area contributed by atoms with Crippen molar-refractivity contribution in [3.05, 3.63) is 11.9 Å². The number of nitrogens with zero attached hydrogens (tertiary/aromatic N) is 2. The number of hydrogen-bond donors (Lipinski definition) is 1. The molecule has 1 aliphatic rings. The number of ether oxygens (including phenoxy) is 3. The molecule has 94 valence electrons. The molecule has 1 unspecified atom stereocenters. The Kier molecular flexibility index (Phi) is 4.11. The minimum absolute atomic E-state index is 0.0733. The second-order valence-electron chi connectivity index (χ2n) is 3.82. The van der Waals surface area contributed by atoms with E-state index in [0.717, 1.165) is 25.3 Å². The Bertz CT molecular complexity index is 367. The van der Waals surface area contributed by atoms with Crippen LogP contribution in [0.4, 0.5) is 0 Å². The summed E-state index contributed by atoms with van der Waals surface area (Å²) in [7, 11) is 1.58.